The van der Waals surface area contributed by atoms with E-state index < -0.39 is 5.41 Å². The SMILES string of the molecule is COc1cc(N2C(=S)N[C@H](c3ccccn3)[C@@H]2c2cccn2-c2ccccc2F)ccc1NC(=O)C(C)(C)C. The lowest BCUT2D eigenvalue weighted by Crippen LogP contribution is -2.30. The number of amides is 1. The lowest BCUT2D eigenvalue weighted by atomic mass is 9.95. The molecule has 5 rings (SSSR count). The molecule has 0 unspecified atom stereocenters. The Morgan fingerprint density at radius 3 is 2.54 bits per heavy atom. The number of anilines is 2. The van der Waals surface area contributed by atoms with E-state index in [0.717, 1.165) is 17.1 Å². The number of halogens is 1. The number of ether oxygens (including phenoxy) is 1. The number of para-hydroxylation sites is 1. The molecular weight excluding hydrogens is 513 g/mol. The first-order valence-corrected chi connectivity index (χ1v) is 13.0. The quantitative estimate of drug-likeness (QED) is 0.283. The Hall–Kier alpha value is -4.24. The minimum absolute atomic E-state index is 0.122. The Balaban J connectivity index is 1.62. The molecule has 1 fully saturated rings. The molecule has 1 amide bonds. The molecule has 2 atom stereocenters. The second-order valence-electron chi connectivity index (χ2n) is 10.3. The van der Waals surface area contributed by atoms with Gasteiger partial charge >= 0.3 is 0 Å². The van der Waals surface area contributed by atoms with Crippen molar-refractivity contribution in [3.8, 4) is 11.4 Å². The zero-order valence-electron chi connectivity index (χ0n) is 22.2. The van der Waals surface area contributed by atoms with Gasteiger partial charge in [0.2, 0.25) is 5.91 Å². The summed E-state index contributed by atoms with van der Waals surface area (Å²) in [6, 6.07) is 21.1. The van der Waals surface area contributed by atoms with Crippen LogP contribution in [0.4, 0.5) is 15.8 Å². The predicted octanol–water partition coefficient (Wildman–Crippen LogP) is 6.18. The normalized spacial score (nSPS) is 17.2. The molecule has 0 radical (unpaired) electrons. The summed E-state index contributed by atoms with van der Waals surface area (Å²) < 4.78 is 22.4. The highest BCUT2D eigenvalue weighted by molar-refractivity contribution is 7.80. The highest BCUT2D eigenvalue weighted by Gasteiger charge is 2.42. The summed E-state index contributed by atoms with van der Waals surface area (Å²) in [4.78, 5) is 19.2. The van der Waals surface area contributed by atoms with Crippen molar-refractivity contribution in [3.05, 3.63) is 102 Å². The van der Waals surface area contributed by atoms with Crippen LogP contribution in [-0.2, 0) is 4.79 Å². The molecule has 1 aliphatic rings. The molecule has 39 heavy (non-hydrogen) atoms. The lowest BCUT2D eigenvalue weighted by molar-refractivity contribution is -0.123. The third-order valence-corrected chi connectivity index (χ3v) is 7.00. The smallest absolute Gasteiger partial charge is 0.229 e. The van der Waals surface area contributed by atoms with E-state index in [1.165, 1.54) is 6.07 Å². The van der Waals surface area contributed by atoms with Gasteiger partial charge in [-0.3, -0.25) is 9.78 Å². The van der Waals surface area contributed by atoms with E-state index >= 15 is 0 Å². The summed E-state index contributed by atoms with van der Waals surface area (Å²) in [5.41, 5.74) is 2.81. The molecule has 3 heterocycles. The summed E-state index contributed by atoms with van der Waals surface area (Å²) in [7, 11) is 1.56. The van der Waals surface area contributed by atoms with Gasteiger partial charge in [-0.2, -0.15) is 0 Å². The first-order chi connectivity index (χ1) is 18.7. The van der Waals surface area contributed by atoms with Crippen LogP contribution >= 0.6 is 12.2 Å². The van der Waals surface area contributed by atoms with Gasteiger partial charge in [0.1, 0.15) is 17.6 Å². The first-order valence-electron chi connectivity index (χ1n) is 12.6. The average molecular weight is 544 g/mol. The fraction of sp³-hybridized carbons (Fsp3) is 0.233. The molecule has 0 aliphatic carbocycles. The molecular formula is C30H30FN5O2S. The van der Waals surface area contributed by atoms with Crippen molar-refractivity contribution in [2.75, 3.05) is 17.3 Å². The summed E-state index contributed by atoms with van der Waals surface area (Å²) in [5, 5.41) is 6.88. The topological polar surface area (TPSA) is 71.4 Å². The number of carbonyl (C=O) groups excluding carboxylic acids is 1. The van der Waals surface area contributed by atoms with Gasteiger partial charge in [-0.15, -0.1) is 0 Å². The molecule has 0 bridgehead atoms. The Morgan fingerprint density at radius 1 is 1.08 bits per heavy atom. The van der Waals surface area contributed by atoms with Crippen molar-refractivity contribution >= 4 is 34.6 Å². The molecule has 9 heteroatoms. The molecule has 2 N–H and O–H groups in total. The van der Waals surface area contributed by atoms with Gasteiger partial charge in [-0.05, 0) is 60.7 Å². The minimum Gasteiger partial charge on any atom is -0.494 e. The molecule has 4 aromatic rings. The zero-order valence-corrected chi connectivity index (χ0v) is 23.0. The first kappa shape index (κ1) is 26.4. The number of methoxy groups -OCH3 is 1. The summed E-state index contributed by atoms with van der Waals surface area (Å²) in [6.45, 7) is 5.56. The van der Waals surface area contributed by atoms with Crippen LogP contribution in [-0.4, -0.2) is 27.7 Å². The van der Waals surface area contributed by atoms with Gasteiger partial charge < -0.3 is 24.8 Å². The van der Waals surface area contributed by atoms with Crippen LogP contribution in [0, 0.1) is 11.2 Å². The van der Waals surface area contributed by atoms with Gasteiger partial charge in [0.25, 0.3) is 0 Å². The molecule has 200 valence electrons. The van der Waals surface area contributed by atoms with Crippen molar-refractivity contribution in [1.82, 2.24) is 14.9 Å². The van der Waals surface area contributed by atoms with Gasteiger partial charge in [-0.1, -0.05) is 39.0 Å². The van der Waals surface area contributed by atoms with Crippen LogP contribution in [0.25, 0.3) is 5.69 Å². The Bertz CT molecular complexity index is 1520. The third-order valence-electron chi connectivity index (χ3n) is 6.69. The van der Waals surface area contributed by atoms with Crippen molar-refractivity contribution < 1.29 is 13.9 Å². The number of thiocarbonyl (C=S) groups is 1. The largest absolute Gasteiger partial charge is 0.494 e. The molecule has 0 saturated carbocycles. The van der Waals surface area contributed by atoms with Crippen LogP contribution in [0.2, 0.25) is 0 Å². The van der Waals surface area contributed by atoms with E-state index in [2.05, 4.69) is 15.6 Å². The van der Waals surface area contributed by atoms with E-state index in [1.54, 1.807) is 25.4 Å². The van der Waals surface area contributed by atoms with Crippen LogP contribution in [0.3, 0.4) is 0 Å². The molecule has 2 aromatic carbocycles. The van der Waals surface area contributed by atoms with Crippen molar-refractivity contribution in [2.24, 2.45) is 5.41 Å². The average Bonchev–Trinajstić information content (AvgIpc) is 3.53. The monoisotopic (exact) mass is 543 g/mol. The lowest BCUT2D eigenvalue weighted by Gasteiger charge is -2.29. The maximum atomic E-state index is 14.9. The zero-order chi connectivity index (χ0) is 27.7. The maximum absolute atomic E-state index is 14.9. The van der Waals surface area contributed by atoms with E-state index in [4.69, 9.17) is 17.0 Å². The highest BCUT2D eigenvalue weighted by Crippen LogP contribution is 2.44. The van der Waals surface area contributed by atoms with Crippen molar-refractivity contribution in [2.45, 2.75) is 32.9 Å². The van der Waals surface area contributed by atoms with E-state index in [1.807, 2.05) is 91.0 Å². The van der Waals surface area contributed by atoms with Crippen LogP contribution in [0.5, 0.6) is 5.75 Å². The second-order valence-corrected chi connectivity index (χ2v) is 10.7. The van der Waals surface area contributed by atoms with Gasteiger partial charge in [-0.25, -0.2) is 4.39 Å². The number of nitrogens with one attached hydrogen (secondary N) is 2. The van der Waals surface area contributed by atoms with Gasteiger partial charge in [0.05, 0.1) is 30.2 Å². The Kier molecular flexibility index (Phi) is 7.10. The van der Waals surface area contributed by atoms with Gasteiger partial charge in [0, 0.05) is 35.3 Å². The van der Waals surface area contributed by atoms with E-state index in [-0.39, 0.29) is 23.8 Å². The molecule has 1 saturated heterocycles. The maximum Gasteiger partial charge on any atom is 0.229 e. The number of nitrogens with zero attached hydrogens (tertiary/aromatic N) is 3. The third kappa shape index (κ3) is 5.09. The number of hydrogen-bond donors (Lipinski definition) is 2. The number of hydrogen-bond acceptors (Lipinski definition) is 4. The van der Waals surface area contributed by atoms with Crippen LogP contribution in [0.1, 0.15) is 44.2 Å². The molecule has 1 aliphatic heterocycles. The van der Waals surface area contributed by atoms with Crippen LogP contribution < -0.4 is 20.3 Å². The number of carbonyl (C=O) groups is 1. The fourth-order valence-corrected chi connectivity index (χ4v) is 5.02. The predicted molar refractivity (Wildman–Crippen MR) is 155 cm³/mol. The van der Waals surface area contributed by atoms with Gasteiger partial charge in [0.15, 0.2) is 5.11 Å². The molecule has 0 spiro atoms. The van der Waals surface area contributed by atoms with Crippen LogP contribution in [0.15, 0.2) is 85.2 Å². The highest BCUT2D eigenvalue weighted by atomic mass is 32.1. The Labute approximate surface area is 232 Å². The summed E-state index contributed by atoms with van der Waals surface area (Å²) >= 11 is 5.86. The van der Waals surface area contributed by atoms with E-state index in [9.17, 15) is 9.18 Å². The fourth-order valence-electron chi connectivity index (χ4n) is 4.68. The number of rotatable bonds is 6. The summed E-state index contributed by atoms with van der Waals surface area (Å²) in [5.74, 6) is 0.0465. The summed E-state index contributed by atoms with van der Waals surface area (Å²) in [6.07, 6.45) is 3.58. The number of pyridine rings is 1. The molecule has 2 aromatic heterocycles. The van der Waals surface area contributed by atoms with Crippen molar-refractivity contribution in [3.63, 3.8) is 0 Å². The Morgan fingerprint density at radius 2 is 1.85 bits per heavy atom. The van der Waals surface area contributed by atoms with E-state index in [0.29, 0.717) is 22.2 Å². The number of aromatic nitrogens is 2. The standard InChI is InChI=1S/C30H30FN5O2S/c1-30(2,3)28(37)33-21-15-14-19(18-25(21)38-4)36-27(26(34-29(36)39)22-11-7-8-16-32-22)24-13-9-17-35(24)23-12-6-5-10-20(23)31/h5-18,26-27H,1-4H3,(H,33,37)(H,34,39)/t26-,27+/m1/s1. The van der Waals surface area contributed by atoms with Crippen molar-refractivity contribution in [1.29, 1.82) is 0 Å². The number of benzene rings is 2. The second kappa shape index (κ2) is 10.5. The minimum atomic E-state index is -0.566. The molecule has 7 nitrogen and oxygen atoms in total.